The lowest BCUT2D eigenvalue weighted by Crippen LogP contribution is -2.20. The molecule has 9 nitrogen and oxygen atoms in total. The van der Waals surface area contributed by atoms with E-state index < -0.39 is 0 Å². The molecule has 0 spiro atoms. The fraction of sp³-hybridized carbons (Fsp3) is 0.200. The molecule has 9 heteroatoms. The van der Waals surface area contributed by atoms with Crippen LogP contribution in [0.4, 0.5) is 11.4 Å². The minimum Gasteiger partial charge on any atom is -0.386 e. The number of benzene rings is 2. The molecule has 2 aromatic rings. The van der Waals surface area contributed by atoms with Crippen molar-refractivity contribution in [3.63, 3.8) is 0 Å². The third kappa shape index (κ3) is 15.2. The molecule has 0 heterocycles. The minimum absolute atomic E-state index is 0.0702. The Balaban J connectivity index is 0.000000481. The van der Waals surface area contributed by atoms with Crippen molar-refractivity contribution < 1.29 is 24.1 Å². The van der Waals surface area contributed by atoms with E-state index in [-0.39, 0.29) is 25.0 Å². The standard InChI is InChI=1S/C10H12N2O2.C8H10N2O2.C2H4O/c1-2-11-14-8-10(13)12-9-6-4-3-5-7-9;9-12-6-8(11)10-7-4-2-1-3-5-7;1-2-3/h2-7H,8H2,1H3,(H,12,13);1-5H,6,9H2,(H,10,11);2H,1H3/b11-2+;;. The summed E-state index contributed by atoms with van der Waals surface area (Å²) in [5.74, 6) is 4.24. The van der Waals surface area contributed by atoms with E-state index in [0.29, 0.717) is 0 Å². The number of nitrogens with zero attached hydrogens (tertiary/aromatic N) is 1. The minimum atomic E-state index is -0.260. The Kier molecular flexibility index (Phi) is 15.6. The van der Waals surface area contributed by atoms with E-state index >= 15 is 0 Å². The number of para-hydroxylation sites is 2. The number of nitrogens with one attached hydrogen (secondary N) is 2. The average molecular weight is 402 g/mol. The lowest BCUT2D eigenvalue weighted by molar-refractivity contribution is -0.121. The van der Waals surface area contributed by atoms with Crippen LogP contribution in [0.15, 0.2) is 65.8 Å². The number of rotatable bonds is 7. The molecule has 2 rings (SSSR count). The maximum Gasteiger partial charge on any atom is 0.265 e. The number of aldehydes is 1. The first-order valence-electron chi connectivity index (χ1n) is 8.58. The van der Waals surface area contributed by atoms with Gasteiger partial charge >= 0.3 is 0 Å². The molecule has 4 N–H and O–H groups in total. The molecule has 0 fully saturated rings. The number of nitrogens with two attached hydrogens (primary N) is 1. The second-order valence-electron chi connectivity index (χ2n) is 5.01. The van der Waals surface area contributed by atoms with E-state index in [1.54, 1.807) is 31.2 Å². The summed E-state index contributed by atoms with van der Waals surface area (Å²) in [6.07, 6.45) is 2.23. The fourth-order valence-electron chi connectivity index (χ4n) is 1.68. The molecule has 0 bridgehead atoms. The number of hydrogen-bond acceptors (Lipinski definition) is 7. The van der Waals surface area contributed by atoms with Crippen molar-refractivity contribution in [3.8, 4) is 0 Å². The van der Waals surface area contributed by atoms with Gasteiger partial charge < -0.3 is 20.3 Å². The molecule has 156 valence electrons. The van der Waals surface area contributed by atoms with Crippen LogP contribution in [0, 0.1) is 0 Å². The van der Waals surface area contributed by atoms with Crippen molar-refractivity contribution in [1.29, 1.82) is 0 Å². The van der Waals surface area contributed by atoms with Crippen molar-refractivity contribution in [2.24, 2.45) is 11.1 Å². The van der Waals surface area contributed by atoms with Gasteiger partial charge in [-0.05, 0) is 38.1 Å². The summed E-state index contributed by atoms with van der Waals surface area (Å²) in [6.45, 7) is 2.96. The largest absolute Gasteiger partial charge is 0.386 e. The zero-order valence-electron chi connectivity index (χ0n) is 16.4. The quantitative estimate of drug-likeness (QED) is 0.370. The first kappa shape index (κ1) is 25.4. The molecule has 2 amide bonds. The number of anilines is 2. The Hall–Kier alpha value is -3.56. The highest BCUT2D eigenvalue weighted by Gasteiger charge is 2.01. The van der Waals surface area contributed by atoms with Crippen molar-refractivity contribution in [3.05, 3.63) is 60.7 Å². The summed E-state index contributed by atoms with van der Waals surface area (Å²) in [7, 11) is 0. The summed E-state index contributed by atoms with van der Waals surface area (Å²) in [4.78, 5) is 39.7. The summed E-state index contributed by atoms with van der Waals surface area (Å²) in [5, 5.41) is 8.73. The molecule has 0 saturated heterocycles. The van der Waals surface area contributed by atoms with Gasteiger partial charge in [0, 0.05) is 17.6 Å². The molecule has 0 aromatic heterocycles. The predicted molar refractivity (Wildman–Crippen MR) is 112 cm³/mol. The molecular formula is C20H26N4O5. The number of carbonyl (C=O) groups is 3. The first-order chi connectivity index (χ1) is 14.1. The van der Waals surface area contributed by atoms with E-state index in [0.717, 1.165) is 17.7 Å². The first-order valence-corrected chi connectivity index (χ1v) is 8.58. The molecular weight excluding hydrogens is 376 g/mol. The van der Waals surface area contributed by atoms with Gasteiger partial charge in [-0.2, -0.15) is 0 Å². The maximum absolute atomic E-state index is 11.2. The number of oxime groups is 1. The van der Waals surface area contributed by atoms with Crippen LogP contribution < -0.4 is 16.5 Å². The van der Waals surface area contributed by atoms with Crippen molar-refractivity contribution >= 4 is 35.7 Å². The topological polar surface area (TPSA) is 132 Å². The van der Waals surface area contributed by atoms with E-state index in [1.807, 2.05) is 36.4 Å². The van der Waals surface area contributed by atoms with Gasteiger partial charge in [-0.25, -0.2) is 5.90 Å². The molecule has 0 aliphatic rings. The summed E-state index contributed by atoms with van der Waals surface area (Å²) >= 11 is 0. The van der Waals surface area contributed by atoms with Gasteiger partial charge in [0.2, 0.25) is 0 Å². The van der Waals surface area contributed by atoms with Crippen LogP contribution in [0.1, 0.15) is 13.8 Å². The molecule has 29 heavy (non-hydrogen) atoms. The molecule has 0 radical (unpaired) electrons. The third-order valence-electron chi connectivity index (χ3n) is 2.71. The molecule has 0 aliphatic carbocycles. The van der Waals surface area contributed by atoms with Crippen LogP contribution in [0.25, 0.3) is 0 Å². The summed E-state index contributed by atoms with van der Waals surface area (Å²) in [6, 6.07) is 18.3. The van der Waals surface area contributed by atoms with Gasteiger partial charge in [0.05, 0.1) is 0 Å². The van der Waals surface area contributed by atoms with Gasteiger partial charge in [-0.3, -0.25) is 14.4 Å². The van der Waals surface area contributed by atoms with Gasteiger partial charge in [-0.1, -0.05) is 41.6 Å². The number of amides is 2. The van der Waals surface area contributed by atoms with Crippen LogP contribution in [0.5, 0.6) is 0 Å². The average Bonchev–Trinajstić information content (AvgIpc) is 2.71. The normalized spacial score (nSPS) is 9.21. The summed E-state index contributed by atoms with van der Waals surface area (Å²) < 4.78 is 0. The summed E-state index contributed by atoms with van der Waals surface area (Å²) in [5.41, 5.74) is 1.49. The molecule has 0 atom stereocenters. The molecule has 0 saturated carbocycles. The van der Waals surface area contributed by atoms with E-state index in [4.69, 9.17) is 10.7 Å². The Morgan fingerprint density at radius 1 is 0.897 bits per heavy atom. The highest BCUT2D eigenvalue weighted by atomic mass is 16.6. The number of hydrogen-bond donors (Lipinski definition) is 3. The van der Waals surface area contributed by atoms with Gasteiger partial charge in [0.25, 0.3) is 11.8 Å². The van der Waals surface area contributed by atoms with Crippen LogP contribution in [0.3, 0.4) is 0 Å². The van der Waals surface area contributed by atoms with Crippen LogP contribution in [-0.2, 0) is 24.1 Å². The van der Waals surface area contributed by atoms with Crippen molar-refractivity contribution in [1.82, 2.24) is 0 Å². The second kappa shape index (κ2) is 17.8. The molecule has 0 unspecified atom stereocenters. The fourth-order valence-corrected chi connectivity index (χ4v) is 1.68. The third-order valence-corrected chi connectivity index (χ3v) is 2.71. The van der Waals surface area contributed by atoms with Gasteiger partial charge in [-0.15, -0.1) is 0 Å². The van der Waals surface area contributed by atoms with Crippen molar-refractivity contribution in [2.75, 3.05) is 23.8 Å². The Labute approximate surface area is 169 Å². The predicted octanol–water partition coefficient (Wildman–Crippen LogP) is 2.37. The van der Waals surface area contributed by atoms with Crippen LogP contribution in [0.2, 0.25) is 0 Å². The Morgan fingerprint density at radius 3 is 1.69 bits per heavy atom. The molecule has 2 aromatic carbocycles. The van der Waals surface area contributed by atoms with E-state index in [2.05, 4.69) is 25.5 Å². The van der Waals surface area contributed by atoms with Crippen LogP contribution >= 0.6 is 0 Å². The lowest BCUT2D eigenvalue weighted by Gasteiger charge is -2.02. The SMILES string of the molecule is C/C=N/OCC(=O)Nc1ccccc1.CC=O.NOCC(=O)Nc1ccccc1. The molecule has 0 aliphatic heterocycles. The smallest absolute Gasteiger partial charge is 0.265 e. The van der Waals surface area contributed by atoms with Crippen molar-refractivity contribution in [2.45, 2.75) is 13.8 Å². The highest BCUT2D eigenvalue weighted by Crippen LogP contribution is 2.04. The highest BCUT2D eigenvalue weighted by molar-refractivity contribution is 5.92. The van der Waals surface area contributed by atoms with E-state index in [9.17, 15) is 9.59 Å². The monoisotopic (exact) mass is 402 g/mol. The Bertz CT molecular complexity index is 724. The zero-order chi connectivity index (χ0) is 21.7. The van der Waals surface area contributed by atoms with Gasteiger partial charge in [0.1, 0.15) is 12.9 Å². The zero-order valence-corrected chi connectivity index (χ0v) is 16.4. The second-order valence-corrected chi connectivity index (χ2v) is 5.01. The lowest BCUT2D eigenvalue weighted by atomic mass is 10.3. The van der Waals surface area contributed by atoms with Crippen LogP contribution in [-0.4, -0.2) is 37.5 Å². The maximum atomic E-state index is 11.2. The van der Waals surface area contributed by atoms with Gasteiger partial charge in [0.15, 0.2) is 6.61 Å². The Morgan fingerprint density at radius 2 is 1.31 bits per heavy atom. The van der Waals surface area contributed by atoms with E-state index in [1.165, 1.54) is 13.1 Å². The number of carbonyl (C=O) groups excluding carboxylic acids is 3.